The molecule has 174 valence electrons. The van der Waals surface area contributed by atoms with Crippen molar-refractivity contribution in [3.63, 3.8) is 0 Å². The highest BCUT2D eigenvalue weighted by Crippen LogP contribution is 2.36. The molecule has 34 heavy (non-hydrogen) atoms. The Labute approximate surface area is 195 Å². The third-order valence-electron chi connectivity index (χ3n) is 6.41. The summed E-state index contributed by atoms with van der Waals surface area (Å²) in [5.74, 6) is -3.42. The predicted octanol–water partition coefficient (Wildman–Crippen LogP) is 3.40. The zero-order valence-electron chi connectivity index (χ0n) is 18.8. The number of benzene rings is 2. The van der Waals surface area contributed by atoms with Gasteiger partial charge in [0.2, 0.25) is 0 Å². The van der Waals surface area contributed by atoms with Gasteiger partial charge in [-0.05, 0) is 56.0 Å². The van der Waals surface area contributed by atoms with Crippen molar-refractivity contribution in [2.45, 2.75) is 26.7 Å². The Kier molecular flexibility index (Phi) is 6.10. The van der Waals surface area contributed by atoms with Crippen molar-refractivity contribution in [2.24, 2.45) is 11.8 Å². The van der Waals surface area contributed by atoms with Gasteiger partial charge in [0.1, 0.15) is 6.54 Å². The molecule has 0 spiro atoms. The lowest BCUT2D eigenvalue weighted by Crippen LogP contribution is -2.52. The number of carbonyl (C=O) groups excluding carboxylic acids is 4. The molecule has 0 N–H and O–H groups in total. The van der Waals surface area contributed by atoms with Crippen molar-refractivity contribution in [3.05, 3.63) is 87.0 Å². The number of fused-ring (bicyclic) bond motifs is 1. The summed E-state index contributed by atoms with van der Waals surface area (Å²) in [5, 5.41) is 12.6. The molecule has 0 unspecified atom stereocenters. The Morgan fingerprint density at radius 2 is 1.50 bits per heavy atom. The third-order valence-corrected chi connectivity index (χ3v) is 6.41. The van der Waals surface area contributed by atoms with Gasteiger partial charge in [0, 0.05) is 23.3 Å². The van der Waals surface area contributed by atoms with E-state index < -0.39 is 46.8 Å². The summed E-state index contributed by atoms with van der Waals surface area (Å²) in [4.78, 5) is 63.3. The first-order valence-corrected chi connectivity index (χ1v) is 10.9. The van der Waals surface area contributed by atoms with Crippen LogP contribution >= 0.6 is 0 Å². The van der Waals surface area contributed by atoms with E-state index in [1.807, 2.05) is 26.0 Å². The van der Waals surface area contributed by atoms with Gasteiger partial charge in [0.05, 0.1) is 16.8 Å². The molecular formula is C25H23N3O6. The van der Waals surface area contributed by atoms with Gasteiger partial charge in [0.15, 0.2) is 5.78 Å². The molecule has 3 amide bonds. The van der Waals surface area contributed by atoms with E-state index in [0.717, 1.165) is 33.3 Å². The smallest absolute Gasteiger partial charge is 0.273 e. The van der Waals surface area contributed by atoms with Gasteiger partial charge in [-0.1, -0.05) is 24.3 Å². The first kappa shape index (κ1) is 23.0. The van der Waals surface area contributed by atoms with E-state index in [1.54, 1.807) is 18.2 Å². The minimum atomic E-state index is -0.764. The standard InChI is InChI=1S/C25H23N3O6/c1-15-7-8-18(13-16(15)2)22(29)14-26(23(30)17-9-11-19(12-10-17)28(33)34)27-24(31)20-5-3-4-6-21(20)25(27)32/h3-4,7-13,20-21H,5-6,14H2,1-2H3/t20-,21-/m0/s1. The van der Waals surface area contributed by atoms with E-state index in [2.05, 4.69) is 0 Å². The quantitative estimate of drug-likeness (QED) is 0.214. The molecule has 2 atom stereocenters. The van der Waals surface area contributed by atoms with E-state index in [-0.39, 0.29) is 11.3 Å². The SMILES string of the molecule is Cc1ccc(C(=O)CN(C(=O)c2ccc([N+](=O)[O-])cc2)N2C(=O)[C@H]3CC=CC[C@@H]3C2=O)cc1C. The zero-order valence-corrected chi connectivity index (χ0v) is 18.8. The normalized spacial score (nSPS) is 19.2. The number of non-ortho nitro benzene ring substituents is 1. The third kappa shape index (κ3) is 4.12. The number of nitrogens with zero attached hydrogens (tertiary/aromatic N) is 3. The number of ketones is 1. The minimum absolute atomic E-state index is 0.0204. The summed E-state index contributed by atoms with van der Waals surface area (Å²) in [6.07, 6.45) is 4.43. The van der Waals surface area contributed by atoms with Gasteiger partial charge < -0.3 is 0 Å². The molecular weight excluding hydrogens is 438 g/mol. The number of hydrogen-bond donors (Lipinski definition) is 0. The molecule has 2 aliphatic rings. The summed E-state index contributed by atoms with van der Waals surface area (Å²) < 4.78 is 0. The van der Waals surface area contributed by atoms with E-state index in [4.69, 9.17) is 0 Å². The highest BCUT2D eigenvalue weighted by molar-refractivity contribution is 6.09. The summed E-state index contributed by atoms with van der Waals surface area (Å²) in [5.41, 5.74) is 2.05. The van der Waals surface area contributed by atoms with Crippen molar-refractivity contribution in [2.75, 3.05) is 6.54 Å². The molecule has 0 radical (unpaired) electrons. The maximum atomic E-state index is 13.4. The van der Waals surface area contributed by atoms with Crippen molar-refractivity contribution in [1.82, 2.24) is 10.0 Å². The van der Waals surface area contributed by atoms with Crippen LogP contribution in [0.1, 0.15) is 44.7 Å². The number of Topliss-reactive ketones (excluding diaryl/α,β-unsaturated/α-hetero) is 1. The monoisotopic (exact) mass is 461 g/mol. The Morgan fingerprint density at radius 1 is 0.941 bits per heavy atom. The highest BCUT2D eigenvalue weighted by Gasteiger charge is 2.51. The van der Waals surface area contributed by atoms with Crippen LogP contribution in [0.25, 0.3) is 0 Å². The van der Waals surface area contributed by atoms with Crippen LogP contribution in [0.4, 0.5) is 5.69 Å². The Bertz CT molecular complexity index is 1210. The van der Waals surface area contributed by atoms with Crippen LogP contribution in [0.3, 0.4) is 0 Å². The number of aryl methyl sites for hydroxylation is 2. The molecule has 1 heterocycles. The molecule has 2 aromatic rings. The molecule has 1 fully saturated rings. The molecule has 9 nitrogen and oxygen atoms in total. The first-order valence-electron chi connectivity index (χ1n) is 10.9. The Morgan fingerprint density at radius 3 is 2.03 bits per heavy atom. The number of hydrazine groups is 1. The second kappa shape index (κ2) is 9.01. The maximum absolute atomic E-state index is 13.4. The van der Waals surface area contributed by atoms with Gasteiger partial charge in [-0.15, -0.1) is 0 Å². The molecule has 0 bridgehead atoms. The number of carbonyl (C=O) groups is 4. The number of nitro benzene ring substituents is 1. The summed E-state index contributed by atoms with van der Waals surface area (Å²) in [6, 6.07) is 9.93. The largest absolute Gasteiger partial charge is 0.292 e. The lowest BCUT2D eigenvalue weighted by atomic mass is 9.85. The van der Waals surface area contributed by atoms with Crippen LogP contribution in [-0.2, 0) is 9.59 Å². The van der Waals surface area contributed by atoms with Crippen molar-refractivity contribution < 1.29 is 24.1 Å². The molecule has 9 heteroatoms. The van der Waals surface area contributed by atoms with Crippen molar-refractivity contribution in [1.29, 1.82) is 0 Å². The van der Waals surface area contributed by atoms with Gasteiger partial charge in [-0.2, -0.15) is 5.01 Å². The fourth-order valence-electron chi connectivity index (χ4n) is 4.27. The average Bonchev–Trinajstić information content (AvgIpc) is 3.08. The molecule has 1 aliphatic carbocycles. The zero-order chi connectivity index (χ0) is 24.6. The molecule has 0 aromatic heterocycles. The first-order chi connectivity index (χ1) is 16.2. The van der Waals surface area contributed by atoms with Crippen LogP contribution < -0.4 is 0 Å². The van der Waals surface area contributed by atoms with Crippen LogP contribution in [0.15, 0.2) is 54.6 Å². The van der Waals surface area contributed by atoms with Gasteiger partial charge in [0.25, 0.3) is 23.4 Å². The number of allylic oxidation sites excluding steroid dienone is 2. The molecule has 4 rings (SSSR count). The van der Waals surface area contributed by atoms with Crippen molar-refractivity contribution in [3.8, 4) is 0 Å². The second-order valence-corrected chi connectivity index (χ2v) is 8.53. The van der Waals surface area contributed by atoms with Crippen LogP contribution in [0, 0.1) is 35.8 Å². The Balaban J connectivity index is 1.70. The number of rotatable bonds is 6. The lowest BCUT2D eigenvalue weighted by Gasteiger charge is -2.30. The van der Waals surface area contributed by atoms with Gasteiger partial charge in [-0.3, -0.25) is 29.3 Å². The highest BCUT2D eigenvalue weighted by atomic mass is 16.6. The fourth-order valence-corrected chi connectivity index (χ4v) is 4.27. The summed E-state index contributed by atoms with van der Waals surface area (Å²) >= 11 is 0. The van der Waals surface area contributed by atoms with E-state index >= 15 is 0 Å². The average molecular weight is 461 g/mol. The number of nitro groups is 1. The topological polar surface area (TPSA) is 118 Å². The summed E-state index contributed by atoms with van der Waals surface area (Å²) in [6.45, 7) is 3.24. The van der Waals surface area contributed by atoms with Gasteiger partial charge in [-0.25, -0.2) is 5.01 Å². The van der Waals surface area contributed by atoms with Crippen LogP contribution in [0.5, 0.6) is 0 Å². The molecule has 1 saturated heterocycles. The minimum Gasteiger partial charge on any atom is -0.292 e. The second-order valence-electron chi connectivity index (χ2n) is 8.53. The van der Waals surface area contributed by atoms with E-state index in [9.17, 15) is 29.3 Å². The fraction of sp³-hybridized carbons (Fsp3) is 0.280. The molecule has 0 saturated carbocycles. The maximum Gasteiger partial charge on any atom is 0.273 e. The van der Waals surface area contributed by atoms with E-state index in [1.165, 1.54) is 12.1 Å². The molecule has 1 aliphatic heterocycles. The Hall–Kier alpha value is -4.14. The summed E-state index contributed by atoms with van der Waals surface area (Å²) in [7, 11) is 0. The number of imide groups is 1. The van der Waals surface area contributed by atoms with E-state index in [0.29, 0.717) is 18.4 Å². The number of amides is 3. The van der Waals surface area contributed by atoms with Crippen molar-refractivity contribution >= 4 is 29.2 Å². The van der Waals surface area contributed by atoms with Crippen LogP contribution in [-0.4, -0.2) is 45.0 Å². The lowest BCUT2D eigenvalue weighted by molar-refractivity contribution is -0.384. The number of hydrogen-bond acceptors (Lipinski definition) is 6. The molecule has 2 aromatic carbocycles. The van der Waals surface area contributed by atoms with Gasteiger partial charge >= 0.3 is 0 Å². The predicted molar refractivity (Wildman–Crippen MR) is 122 cm³/mol. The van der Waals surface area contributed by atoms with Crippen LogP contribution in [0.2, 0.25) is 0 Å².